The minimum Gasteiger partial charge on any atom is -0.370 e. The minimum atomic E-state index is 0.234. The van der Waals surface area contributed by atoms with Crippen LogP contribution in [0.15, 0.2) is 4.99 Å². The predicted octanol–water partition coefficient (Wildman–Crippen LogP) is 1.59. The highest BCUT2D eigenvalue weighted by molar-refractivity contribution is 5.81. The summed E-state index contributed by atoms with van der Waals surface area (Å²) in [6.45, 7) is 6.49. The van der Waals surface area contributed by atoms with Crippen molar-refractivity contribution < 1.29 is 0 Å². The lowest BCUT2D eigenvalue weighted by molar-refractivity contribution is 0.0810. The Bertz CT molecular complexity index is 245. The SMILES string of the molecule is CCCN1C(N)=NCC1(C)C1CCC1. The summed E-state index contributed by atoms with van der Waals surface area (Å²) in [7, 11) is 0. The van der Waals surface area contributed by atoms with Crippen LogP contribution in [0.4, 0.5) is 0 Å². The van der Waals surface area contributed by atoms with Crippen LogP contribution in [0, 0.1) is 5.92 Å². The molecule has 1 unspecified atom stereocenters. The molecule has 1 fully saturated rings. The Morgan fingerprint density at radius 1 is 1.57 bits per heavy atom. The van der Waals surface area contributed by atoms with Gasteiger partial charge in [-0.3, -0.25) is 4.99 Å². The van der Waals surface area contributed by atoms with Crippen molar-refractivity contribution in [3.63, 3.8) is 0 Å². The van der Waals surface area contributed by atoms with E-state index in [-0.39, 0.29) is 5.54 Å². The van der Waals surface area contributed by atoms with E-state index in [2.05, 4.69) is 23.7 Å². The van der Waals surface area contributed by atoms with Gasteiger partial charge in [0.15, 0.2) is 5.96 Å². The zero-order valence-electron chi connectivity index (χ0n) is 9.29. The quantitative estimate of drug-likeness (QED) is 0.743. The first kappa shape index (κ1) is 9.81. The Labute approximate surface area is 86.4 Å². The second-order valence-corrected chi connectivity index (χ2v) is 4.81. The fourth-order valence-electron chi connectivity index (χ4n) is 2.65. The van der Waals surface area contributed by atoms with Gasteiger partial charge in [0, 0.05) is 6.54 Å². The van der Waals surface area contributed by atoms with Crippen LogP contribution in [-0.4, -0.2) is 29.5 Å². The molecular weight excluding hydrogens is 174 g/mol. The molecule has 1 atom stereocenters. The minimum absolute atomic E-state index is 0.234. The average molecular weight is 195 g/mol. The topological polar surface area (TPSA) is 41.6 Å². The third-order valence-corrected chi connectivity index (χ3v) is 3.89. The molecule has 2 aliphatic rings. The van der Waals surface area contributed by atoms with E-state index in [1.807, 2.05) is 0 Å². The van der Waals surface area contributed by atoms with E-state index < -0.39 is 0 Å². The molecule has 1 saturated carbocycles. The zero-order valence-corrected chi connectivity index (χ0v) is 9.29. The Morgan fingerprint density at radius 3 is 2.79 bits per heavy atom. The molecule has 80 valence electrons. The fraction of sp³-hybridized carbons (Fsp3) is 0.909. The highest BCUT2D eigenvalue weighted by Gasteiger charge is 2.45. The van der Waals surface area contributed by atoms with Crippen LogP contribution >= 0.6 is 0 Å². The molecule has 3 nitrogen and oxygen atoms in total. The molecule has 1 aliphatic carbocycles. The van der Waals surface area contributed by atoms with Gasteiger partial charge in [-0.05, 0) is 32.1 Å². The summed E-state index contributed by atoms with van der Waals surface area (Å²) >= 11 is 0. The van der Waals surface area contributed by atoms with Crippen LogP contribution in [-0.2, 0) is 0 Å². The van der Waals surface area contributed by atoms with Gasteiger partial charge in [0.1, 0.15) is 0 Å². The summed E-state index contributed by atoms with van der Waals surface area (Å²) in [6.07, 6.45) is 5.26. The molecular formula is C11H21N3. The summed E-state index contributed by atoms with van der Waals surface area (Å²) in [5, 5.41) is 0. The van der Waals surface area contributed by atoms with E-state index in [1.165, 1.54) is 19.3 Å². The third kappa shape index (κ3) is 1.30. The second-order valence-electron chi connectivity index (χ2n) is 4.81. The van der Waals surface area contributed by atoms with Gasteiger partial charge in [0.25, 0.3) is 0 Å². The molecule has 1 heterocycles. The number of aliphatic imine (C=N–C) groups is 1. The molecule has 0 amide bonds. The number of rotatable bonds is 3. The smallest absolute Gasteiger partial charge is 0.191 e. The molecule has 1 aliphatic heterocycles. The maximum Gasteiger partial charge on any atom is 0.191 e. The number of guanidine groups is 1. The highest BCUT2D eigenvalue weighted by Crippen LogP contribution is 2.41. The largest absolute Gasteiger partial charge is 0.370 e. The maximum atomic E-state index is 5.93. The van der Waals surface area contributed by atoms with Crippen molar-refractivity contribution in [3.05, 3.63) is 0 Å². The maximum absolute atomic E-state index is 5.93. The van der Waals surface area contributed by atoms with Gasteiger partial charge in [0.2, 0.25) is 0 Å². The fourth-order valence-corrected chi connectivity index (χ4v) is 2.65. The summed E-state index contributed by atoms with van der Waals surface area (Å²) in [5.74, 6) is 1.58. The molecule has 14 heavy (non-hydrogen) atoms. The Hall–Kier alpha value is -0.730. The van der Waals surface area contributed by atoms with E-state index in [0.717, 1.165) is 31.4 Å². The molecule has 0 aromatic rings. The van der Waals surface area contributed by atoms with Crippen LogP contribution in [0.1, 0.15) is 39.5 Å². The molecule has 3 heteroatoms. The van der Waals surface area contributed by atoms with Crippen molar-refractivity contribution in [3.8, 4) is 0 Å². The molecule has 2 N–H and O–H groups in total. The van der Waals surface area contributed by atoms with Gasteiger partial charge >= 0.3 is 0 Å². The number of hydrogen-bond acceptors (Lipinski definition) is 3. The zero-order chi connectivity index (χ0) is 10.2. The van der Waals surface area contributed by atoms with Crippen LogP contribution in [0.3, 0.4) is 0 Å². The summed E-state index contributed by atoms with van der Waals surface area (Å²) < 4.78 is 0. The first-order chi connectivity index (χ1) is 6.68. The van der Waals surface area contributed by atoms with Gasteiger partial charge in [-0.1, -0.05) is 13.3 Å². The first-order valence-corrected chi connectivity index (χ1v) is 5.76. The number of hydrogen-bond donors (Lipinski definition) is 1. The van der Waals surface area contributed by atoms with Crippen molar-refractivity contribution in [2.24, 2.45) is 16.6 Å². The van der Waals surface area contributed by atoms with Crippen molar-refractivity contribution >= 4 is 5.96 Å². The van der Waals surface area contributed by atoms with E-state index >= 15 is 0 Å². The van der Waals surface area contributed by atoms with E-state index in [9.17, 15) is 0 Å². The van der Waals surface area contributed by atoms with Crippen LogP contribution in [0.25, 0.3) is 0 Å². The molecule has 0 saturated heterocycles. The van der Waals surface area contributed by atoms with Crippen LogP contribution < -0.4 is 5.73 Å². The highest BCUT2D eigenvalue weighted by atomic mass is 15.4. The monoisotopic (exact) mass is 195 g/mol. The van der Waals surface area contributed by atoms with Gasteiger partial charge in [-0.2, -0.15) is 0 Å². The van der Waals surface area contributed by atoms with E-state index in [0.29, 0.717) is 0 Å². The number of nitrogens with two attached hydrogens (primary N) is 1. The molecule has 2 rings (SSSR count). The lowest BCUT2D eigenvalue weighted by atomic mass is 9.71. The van der Waals surface area contributed by atoms with E-state index in [1.54, 1.807) is 0 Å². The third-order valence-electron chi connectivity index (χ3n) is 3.89. The molecule has 0 spiro atoms. The standard InChI is InChI=1S/C11H21N3/c1-3-7-14-10(12)13-8-11(14,2)9-5-4-6-9/h9H,3-8H2,1-2H3,(H2,12,13). The predicted molar refractivity (Wildman–Crippen MR) is 59.2 cm³/mol. The Balaban J connectivity index is 2.10. The van der Waals surface area contributed by atoms with Gasteiger partial charge < -0.3 is 10.6 Å². The summed E-state index contributed by atoms with van der Waals surface area (Å²) in [4.78, 5) is 6.74. The molecule has 0 radical (unpaired) electrons. The first-order valence-electron chi connectivity index (χ1n) is 5.76. The molecule has 0 aromatic carbocycles. The van der Waals surface area contributed by atoms with Crippen LogP contribution in [0.2, 0.25) is 0 Å². The van der Waals surface area contributed by atoms with Gasteiger partial charge in [-0.25, -0.2) is 0 Å². The average Bonchev–Trinajstić information content (AvgIpc) is 2.30. The lowest BCUT2D eigenvalue weighted by Gasteiger charge is -2.46. The Kier molecular flexibility index (Phi) is 2.41. The second kappa shape index (κ2) is 3.44. The normalized spacial score (nSPS) is 33.0. The van der Waals surface area contributed by atoms with Gasteiger partial charge in [-0.15, -0.1) is 0 Å². The summed E-state index contributed by atoms with van der Waals surface area (Å²) in [5.41, 5.74) is 6.17. The van der Waals surface area contributed by atoms with Crippen molar-refractivity contribution in [1.29, 1.82) is 0 Å². The van der Waals surface area contributed by atoms with Crippen molar-refractivity contribution in [2.45, 2.75) is 45.1 Å². The van der Waals surface area contributed by atoms with E-state index in [4.69, 9.17) is 5.73 Å². The molecule has 0 aromatic heterocycles. The van der Waals surface area contributed by atoms with Crippen molar-refractivity contribution in [1.82, 2.24) is 4.90 Å². The van der Waals surface area contributed by atoms with Crippen molar-refractivity contribution in [2.75, 3.05) is 13.1 Å². The number of nitrogens with zero attached hydrogens (tertiary/aromatic N) is 2. The summed E-state index contributed by atoms with van der Waals surface area (Å²) in [6, 6.07) is 0. The Morgan fingerprint density at radius 2 is 2.29 bits per heavy atom. The van der Waals surface area contributed by atoms with Gasteiger partial charge in [0.05, 0.1) is 12.1 Å². The van der Waals surface area contributed by atoms with Crippen LogP contribution in [0.5, 0.6) is 0 Å². The lowest BCUT2D eigenvalue weighted by Crippen LogP contribution is -2.56. The molecule has 0 bridgehead atoms.